The van der Waals surface area contributed by atoms with Crippen LogP contribution in [0.2, 0.25) is 0 Å². The average molecular weight is 470 g/mol. The fourth-order valence-corrected chi connectivity index (χ4v) is 5.50. The second-order valence-electron chi connectivity index (χ2n) is 7.75. The summed E-state index contributed by atoms with van der Waals surface area (Å²) in [5.74, 6) is -1.91. The molecule has 0 spiro atoms. The first kappa shape index (κ1) is 19.5. The Balaban J connectivity index is 1.84. The van der Waals surface area contributed by atoms with E-state index in [0.717, 1.165) is 10.0 Å². The zero-order valence-corrected chi connectivity index (χ0v) is 17.7. The lowest BCUT2D eigenvalue weighted by Gasteiger charge is -2.39. The highest BCUT2D eigenvalue weighted by atomic mass is 79.9. The number of rotatable bonds is 3. The van der Waals surface area contributed by atoms with Gasteiger partial charge in [0.05, 0.1) is 19.6 Å². The van der Waals surface area contributed by atoms with E-state index in [1.165, 1.54) is 7.11 Å². The third-order valence-corrected chi connectivity index (χ3v) is 6.96. The summed E-state index contributed by atoms with van der Waals surface area (Å²) >= 11 is 3.44. The maximum absolute atomic E-state index is 12.9. The summed E-state index contributed by atoms with van der Waals surface area (Å²) in [6.07, 6.45) is 0.315. The van der Waals surface area contributed by atoms with Crippen molar-refractivity contribution >= 4 is 27.6 Å². The van der Waals surface area contributed by atoms with Gasteiger partial charge in [-0.3, -0.25) is 9.79 Å². The molecule has 2 aromatic rings. The molecule has 0 amide bonds. The van der Waals surface area contributed by atoms with Gasteiger partial charge in [-0.2, -0.15) is 0 Å². The number of nitrogens with zero attached hydrogens (tertiary/aromatic N) is 1. The standard InChI is InChI=1S/C23H20BrNO5/c1-29-21(27)17-18(13-5-3-2-4-6-13)23(14-7-9-15(24)10-8-14)22(28,20(17)26)19-16(30-23)11-12-25-19/h2-11,17-18,20,26,28H,12H2,1H3/t17-,18-,20-,22+,23+/m1/s1. The van der Waals surface area contributed by atoms with Crippen LogP contribution in [-0.2, 0) is 19.9 Å². The highest BCUT2D eigenvalue weighted by molar-refractivity contribution is 9.10. The van der Waals surface area contributed by atoms with Gasteiger partial charge in [0.25, 0.3) is 0 Å². The van der Waals surface area contributed by atoms with Gasteiger partial charge in [0.15, 0.2) is 11.2 Å². The number of aliphatic hydroxyl groups is 2. The van der Waals surface area contributed by atoms with Crippen molar-refractivity contribution in [3.8, 4) is 0 Å². The predicted molar refractivity (Wildman–Crippen MR) is 113 cm³/mol. The van der Waals surface area contributed by atoms with Gasteiger partial charge in [-0.1, -0.05) is 58.4 Å². The maximum atomic E-state index is 12.9. The molecule has 1 saturated carbocycles. The molecule has 30 heavy (non-hydrogen) atoms. The molecule has 7 heteroatoms. The first-order chi connectivity index (χ1) is 14.4. The van der Waals surface area contributed by atoms with Crippen molar-refractivity contribution in [2.75, 3.05) is 13.7 Å². The van der Waals surface area contributed by atoms with Crippen LogP contribution in [0, 0.1) is 5.92 Å². The molecule has 0 bridgehead atoms. The number of carbonyl (C=O) groups is 1. The quantitative estimate of drug-likeness (QED) is 0.674. The summed E-state index contributed by atoms with van der Waals surface area (Å²) in [5.41, 5.74) is -1.68. The molecule has 1 saturated heterocycles. The molecule has 0 unspecified atom stereocenters. The Bertz CT molecular complexity index is 1070. The third kappa shape index (κ3) is 2.31. The average Bonchev–Trinajstić information content (AvgIpc) is 3.37. The molecule has 5 rings (SSSR count). The number of fused-ring (bicyclic) bond motifs is 3. The van der Waals surface area contributed by atoms with Gasteiger partial charge in [-0.15, -0.1) is 0 Å². The van der Waals surface area contributed by atoms with E-state index in [1.54, 1.807) is 6.08 Å². The fourth-order valence-electron chi connectivity index (χ4n) is 5.23. The first-order valence-corrected chi connectivity index (χ1v) is 10.5. The SMILES string of the molecule is COC(=O)[C@H]1[C@@H](O)[C@@]2(O)C3=NCC=C3O[C@@]2(c2ccc(Br)cc2)[C@@H]1c1ccccc1. The molecule has 154 valence electrons. The molecule has 2 heterocycles. The lowest BCUT2D eigenvalue weighted by molar-refractivity contribution is -0.151. The van der Waals surface area contributed by atoms with Crippen molar-refractivity contribution in [2.45, 2.75) is 23.2 Å². The molecule has 2 aliphatic heterocycles. The van der Waals surface area contributed by atoms with Gasteiger partial charge < -0.3 is 19.7 Å². The number of methoxy groups -OCH3 is 1. The molecular weight excluding hydrogens is 450 g/mol. The minimum atomic E-state index is -1.91. The molecule has 2 fully saturated rings. The van der Waals surface area contributed by atoms with Gasteiger partial charge in [0.1, 0.15) is 17.6 Å². The van der Waals surface area contributed by atoms with Crippen molar-refractivity contribution in [1.29, 1.82) is 0 Å². The van der Waals surface area contributed by atoms with E-state index in [0.29, 0.717) is 17.9 Å². The van der Waals surface area contributed by atoms with Crippen LogP contribution in [0.4, 0.5) is 0 Å². The number of hydrogen-bond acceptors (Lipinski definition) is 6. The second-order valence-corrected chi connectivity index (χ2v) is 8.67. The van der Waals surface area contributed by atoms with E-state index >= 15 is 0 Å². The van der Waals surface area contributed by atoms with Gasteiger partial charge in [-0.25, -0.2) is 0 Å². The zero-order valence-electron chi connectivity index (χ0n) is 16.2. The number of aliphatic imine (C=N–C) groups is 1. The van der Waals surface area contributed by atoms with E-state index in [2.05, 4.69) is 20.9 Å². The van der Waals surface area contributed by atoms with Crippen LogP contribution in [0.15, 0.2) is 75.9 Å². The predicted octanol–water partition coefficient (Wildman–Crippen LogP) is 2.69. The topological polar surface area (TPSA) is 88.4 Å². The van der Waals surface area contributed by atoms with Gasteiger partial charge in [0.2, 0.25) is 0 Å². The largest absolute Gasteiger partial charge is 0.477 e. The normalized spacial score (nSPS) is 33.9. The Kier molecular flexibility index (Phi) is 4.39. The van der Waals surface area contributed by atoms with Crippen molar-refractivity contribution < 1.29 is 24.5 Å². The summed E-state index contributed by atoms with van der Waals surface area (Å²) < 4.78 is 12.4. The van der Waals surface area contributed by atoms with Crippen LogP contribution in [-0.4, -0.2) is 47.3 Å². The van der Waals surface area contributed by atoms with Crippen molar-refractivity contribution in [3.05, 3.63) is 82.0 Å². The minimum Gasteiger partial charge on any atom is -0.477 e. The van der Waals surface area contributed by atoms with Crippen LogP contribution in [0.3, 0.4) is 0 Å². The monoisotopic (exact) mass is 469 g/mol. The molecule has 2 aromatic carbocycles. The maximum Gasteiger partial charge on any atom is 0.312 e. The Morgan fingerprint density at radius 3 is 2.57 bits per heavy atom. The number of aliphatic hydroxyl groups excluding tert-OH is 1. The van der Waals surface area contributed by atoms with Crippen molar-refractivity contribution in [2.24, 2.45) is 10.9 Å². The third-order valence-electron chi connectivity index (χ3n) is 6.43. The van der Waals surface area contributed by atoms with Crippen molar-refractivity contribution in [1.82, 2.24) is 0 Å². The van der Waals surface area contributed by atoms with Crippen LogP contribution >= 0.6 is 15.9 Å². The Morgan fingerprint density at radius 1 is 1.20 bits per heavy atom. The molecule has 5 atom stereocenters. The van der Waals surface area contributed by atoms with E-state index in [1.807, 2.05) is 54.6 Å². The smallest absolute Gasteiger partial charge is 0.312 e. The summed E-state index contributed by atoms with van der Waals surface area (Å²) in [7, 11) is 1.28. The number of benzene rings is 2. The van der Waals surface area contributed by atoms with Crippen LogP contribution < -0.4 is 0 Å². The van der Waals surface area contributed by atoms with E-state index in [-0.39, 0.29) is 5.71 Å². The molecule has 2 N–H and O–H groups in total. The Labute approximate surface area is 182 Å². The minimum absolute atomic E-state index is 0.283. The lowest BCUT2D eigenvalue weighted by Crippen LogP contribution is -2.56. The fraction of sp³-hybridized carbons (Fsp3) is 0.304. The Morgan fingerprint density at radius 2 is 1.90 bits per heavy atom. The number of halogens is 1. The molecule has 0 aromatic heterocycles. The molecular formula is C23H20BrNO5. The van der Waals surface area contributed by atoms with Crippen LogP contribution in [0.5, 0.6) is 0 Å². The van der Waals surface area contributed by atoms with Gasteiger partial charge >= 0.3 is 5.97 Å². The first-order valence-electron chi connectivity index (χ1n) is 9.69. The number of hydrogen-bond donors (Lipinski definition) is 2. The van der Waals surface area contributed by atoms with Crippen LogP contribution in [0.25, 0.3) is 0 Å². The molecule has 3 aliphatic rings. The summed E-state index contributed by atoms with van der Waals surface area (Å²) in [6, 6.07) is 16.7. The number of ether oxygens (including phenoxy) is 2. The summed E-state index contributed by atoms with van der Waals surface area (Å²) in [5, 5.41) is 23.6. The van der Waals surface area contributed by atoms with Crippen LogP contribution in [0.1, 0.15) is 17.0 Å². The summed E-state index contributed by atoms with van der Waals surface area (Å²) in [4.78, 5) is 17.3. The lowest BCUT2D eigenvalue weighted by atomic mass is 9.71. The van der Waals surface area contributed by atoms with E-state index in [9.17, 15) is 15.0 Å². The van der Waals surface area contributed by atoms with Crippen molar-refractivity contribution in [3.63, 3.8) is 0 Å². The molecule has 6 nitrogen and oxygen atoms in total. The van der Waals surface area contributed by atoms with E-state index in [4.69, 9.17) is 9.47 Å². The summed E-state index contributed by atoms with van der Waals surface area (Å²) in [6.45, 7) is 0.356. The second kappa shape index (κ2) is 6.77. The number of esters is 1. The van der Waals surface area contributed by atoms with E-state index < -0.39 is 35.1 Å². The Hall–Kier alpha value is -2.48. The zero-order chi connectivity index (χ0) is 21.1. The highest BCUT2D eigenvalue weighted by Crippen LogP contribution is 2.65. The molecule has 0 radical (unpaired) electrons. The highest BCUT2D eigenvalue weighted by Gasteiger charge is 2.79. The number of carbonyl (C=O) groups excluding carboxylic acids is 1. The van der Waals surface area contributed by atoms with Gasteiger partial charge in [0, 0.05) is 10.4 Å². The van der Waals surface area contributed by atoms with Gasteiger partial charge in [-0.05, 0) is 29.3 Å². The molecule has 1 aliphatic carbocycles.